The number of hydrogen-bond acceptors (Lipinski definition) is 5. The van der Waals surface area contributed by atoms with Gasteiger partial charge < -0.3 is 9.55 Å². The van der Waals surface area contributed by atoms with Gasteiger partial charge in [-0.1, -0.05) is 71.6 Å². The second kappa shape index (κ2) is 6.96. The van der Waals surface area contributed by atoms with E-state index in [9.17, 15) is 14.4 Å². The molecule has 2 aromatic heterocycles. The molecule has 2 N–H and O–H groups in total. The van der Waals surface area contributed by atoms with Gasteiger partial charge in [-0.25, -0.2) is 0 Å². The van der Waals surface area contributed by atoms with E-state index in [1.54, 1.807) is 0 Å². The number of thiazole rings is 1. The summed E-state index contributed by atoms with van der Waals surface area (Å²) in [6, 6.07) is 18.3. The fourth-order valence-electron chi connectivity index (χ4n) is 4.71. The van der Waals surface area contributed by atoms with Crippen LogP contribution in [0, 0.1) is 5.92 Å². The van der Waals surface area contributed by atoms with E-state index < -0.39 is 11.2 Å². The van der Waals surface area contributed by atoms with Crippen LogP contribution in [0.3, 0.4) is 0 Å². The highest BCUT2D eigenvalue weighted by atomic mass is 32.2. The number of carbonyl (C=O) groups is 2. The Balaban J connectivity index is 1.56. The largest absolute Gasteiger partial charge is 0.343 e. The molecular weight excluding hydrogens is 430 g/mol. The van der Waals surface area contributed by atoms with Crippen molar-refractivity contribution in [1.82, 2.24) is 14.9 Å². The summed E-state index contributed by atoms with van der Waals surface area (Å²) in [6.45, 7) is 0.693. The summed E-state index contributed by atoms with van der Waals surface area (Å²) >= 11 is 2.42. The Morgan fingerprint density at radius 2 is 1.71 bits per heavy atom. The normalized spacial score (nSPS) is 22.4. The number of nitrogens with one attached hydrogen (secondary N) is 2. The lowest BCUT2D eigenvalue weighted by atomic mass is 9.83. The molecule has 0 bridgehead atoms. The minimum Gasteiger partial charge on any atom is -0.343 e. The summed E-state index contributed by atoms with van der Waals surface area (Å²) in [5.74, 6) is -1.43. The van der Waals surface area contributed by atoms with Crippen molar-refractivity contribution in [1.29, 1.82) is 0 Å². The Hall–Kier alpha value is -3.10. The summed E-state index contributed by atoms with van der Waals surface area (Å²) < 4.78 is 2.18. The first kappa shape index (κ1) is 18.7. The van der Waals surface area contributed by atoms with E-state index >= 15 is 0 Å². The fourth-order valence-corrected chi connectivity index (χ4v) is 7.18. The van der Waals surface area contributed by atoms with E-state index in [4.69, 9.17) is 0 Å². The van der Waals surface area contributed by atoms with Crippen molar-refractivity contribution in [3.63, 3.8) is 0 Å². The van der Waals surface area contributed by atoms with E-state index in [0.29, 0.717) is 11.6 Å². The summed E-state index contributed by atoms with van der Waals surface area (Å²) in [4.78, 5) is 41.0. The van der Waals surface area contributed by atoms with Gasteiger partial charge in [0.1, 0.15) is 5.25 Å². The molecule has 2 aromatic carbocycles. The smallest absolute Gasteiger partial charge is 0.305 e. The van der Waals surface area contributed by atoms with Crippen LogP contribution in [0.15, 0.2) is 70.6 Å². The number of hydrogen-bond donors (Lipinski definition) is 2. The summed E-state index contributed by atoms with van der Waals surface area (Å²) in [5.41, 5.74) is 3.21. The Kier molecular flexibility index (Phi) is 4.19. The van der Waals surface area contributed by atoms with Crippen LogP contribution in [0.1, 0.15) is 21.9 Å². The van der Waals surface area contributed by atoms with Crippen LogP contribution < -0.4 is 10.2 Å². The van der Waals surface area contributed by atoms with Crippen molar-refractivity contribution in [3.8, 4) is 0 Å². The molecular formula is C23H17N3O3S2. The Bertz CT molecular complexity index is 1400. The van der Waals surface area contributed by atoms with Crippen LogP contribution >= 0.6 is 23.1 Å². The molecule has 0 radical (unpaired) electrons. The van der Waals surface area contributed by atoms with Gasteiger partial charge >= 0.3 is 4.87 Å². The Labute approximate surface area is 185 Å². The van der Waals surface area contributed by atoms with Crippen molar-refractivity contribution in [3.05, 3.63) is 86.5 Å². The molecule has 1 saturated heterocycles. The summed E-state index contributed by atoms with van der Waals surface area (Å²) in [6.07, 6.45) is 2.08. The number of rotatable bonds is 3. The van der Waals surface area contributed by atoms with E-state index in [-0.39, 0.29) is 22.6 Å². The number of H-pyrrole nitrogens is 1. The molecule has 6 rings (SSSR count). The molecule has 8 heteroatoms. The topological polar surface area (TPSA) is 84.0 Å². The standard InChI is InChI=1S/C23H17N3O3S2/c27-20-17-16(19-22(25-23(29)31-19)30-18(17)21(28)24-20)14-11-26(10-12-6-2-1-3-7-12)15-9-5-4-8-13(14)15/h1-9,11,16-18H,10H2,(H,25,29)(H,24,27,28)/t16-,17+,18+/m1/s1. The van der Waals surface area contributed by atoms with Gasteiger partial charge in [-0.15, -0.1) is 0 Å². The van der Waals surface area contributed by atoms with Gasteiger partial charge in [0.25, 0.3) is 0 Å². The zero-order chi connectivity index (χ0) is 21.1. The average Bonchev–Trinajstić information content (AvgIpc) is 3.41. The highest BCUT2D eigenvalue weighted by Gasteiger charge is 2.52. The molecule has 2 aliphatic heterocycles. The van der Waals surface area contributed by atoms with Gasteiger partial charge in [0.15, 0.2) is 0 Å². The van der Waals surface area contributed by atoms with E-state index in [2.05, 4.69) is 39.3 Å². The van der Waals surface area contributed by atoms with Gasteiger partial charge in [-0.2, -0.15) is 0 Å². The lowest BCUT2D eigenvalue weighted by molar-refractivity contribution is -0.125. The number of carbonyl (C=O) groups excluding carboxylic acids is 2. The SMILES string of the molecule is O=C1NC(=O)[C@H]2Sc3[nH]c(=O)sc3[C@H](c3cn(Cc4ccccc4)c4ccccc34)[C@H]12. The van der Waals surface area contributed by atoms with E-state index in [1.165, 1.54) is 17.3 Å². The molecule has 6 nitrogen and oxygen atoms in total. The van der Waals surface area contributed by atoms with Crippen LogP contribution in [-0.2, 0) is 16.1 Å². The Morgan fingerprint density at radius 1 is 0.935 bits per heavy atom. The first-order valence-electron chi connectivity index (χ1n) is 9.96. The monoisotopic (exact) mass is 447 g/mol. The van der Waals surface area contributed by atoms with Crippen LogP contribution in [0.2, 0.25) is 0 Å². The third-order valence-corrected chi connectivity index (χ3v) is 8.43. The van der Waals surface area contributed by atoms with Crippen molar-refractivity contribution < 1.29 is 9.59 Å². The predicted octanol–water partition coefficient (Wildman–Crippen LogP) is 3.32. The minimum absolute atomic E-state index is 0.164. The lowest BCUT2D eigenvalue weighted by Gasteiger charge is -2.29. The molecule has 1 fully saturated rings. The summed E-state index contributed by atoms with van der Waals surface area (Å²) in [5, 5.41) is 3.70. The number of amides is 2. The fraction of sp³-hybridized carbons (Fsp3) is 0.174. The molecule has 2 amide bonds. The van der Waals surface area contributed by atoms with Gasteiger partial charge in [-0.05, 0) is 17.2 Å². The van der Waals surface area contributed by atoms with Crippen LogP contribution in [0.25, 0.3) is 10.9 Å². The van der Waals surface area contributed by atoms with Crippen LogP contribution in [0.4, 0.5) is 0 Å². The molecule has 0 saturated carbocycles. The molecule has 0 unspecified atom stereocenters. The number of aromatic amines is 1. The molecule has 154 valence electrons. The van der Waals surface area contributed by atoms with Gasteiger partial charge in [0, 0.05) is 34.4 Å². The molecule has 0 aliphatic carbocycles. The molecule has 4 aromatic rings. The zero-order valence-electron chi connectivity index (χ0n) is 16.2. The van der Waals surface area contributed by atoms with Gasteiger partial charge in [0.05, 0.1) is 10.9 Å². The highest BCUT2D eigenvalue weighted by Crippen LogP contribution is 2.52. The first-order chi connectivity index (χ1) is 15.1. The number of thioether (sulfide) groups is 1. The molecule has 3 atom stereocenters. The van der Waals surface area contributed by atoms with E-state index in [1.807, 2.05) is 36.4 Å². The lowest BCUT2D eigenvalue weighted by Crippen LogP contribution is -2.31. The number of para-hydroxylation sites is 1. The molecule has 4 heterocycles. The van der Waals surface area contributed by atoms with E-state index in [0.717, 1.165) is 32.7 Å². The second-order valence-electron chi connectivity index (χ2n) is 7.82. The molecule has 2 aliphatic rings. The third kappa shape index (κ3) is 2.90. The van der Waals surface area contributed by atoms with Crippen LogP contribution in [0.5, 0.6) is 0 Å². The van der Waals surface area contributed by atoms with Gasteiger partial charge in [0.2, 0.25) is 11.8 Å². The molecule has 0 spiro atoms. The number of nitrogens with zero attached hydrogens (tertiary/aromatic N) is 1. The van der Waals surface area contributed by atoms with Crippen molar-refractivity contribution in [2.75, 3.05) is 0 Å². The second-order valence-corrected chi connectivity index (χ2v) is 9.98. The third-order valence-electron chi connectivity index (χ3n) is 6.01. The van der Waals surface area contributed by atoms with Crippen molar-refractivity contribution in [2.24, 2.45) is 5.92 Å². The van der Waals surface area contributed by atoms with Gasteiger partial charge in [-0.3, -0.25) is 19.7 Å². The number of imide groups is 1. The van der Waals surface area contributed by atoms with Crippen LogP contribution in [-0.4, -0.2) is 26.6 Å². The summed E-state index contributed by atoms with van der Waals surface area (Å²) in [7, 11) is 0. The number of benzene rings is 2. The minimum atomic E-state index is -0.536. The molecule has 31 heavy (non-hydrogen) atoms. The number of fused-ring (bicyclic) bond motifs is 3. The first-order valence-corrected chi connectivity index (χ1v) is 11.7. The van der Waals surface area contributed by atoms with Crippen molar-refractivity contribution >= 4 is 45.8 Å². The maximum absolute atomic E-state index is 12.8. The highest BCUT2D eigenvalue weighted by molar-refractivity contribution is 8.00. The zero-order valence-corrected chi connectivity index (χ0v) is 17.8. The van der Waals surface area contributed by atoms with Crippen molar-refractivity contribution in [2.45, 2.75) is 22.7 Å². The maximum Gasteiger partial charge on any atom is 0.305 e. The maximum atomic E-state index is 12.8. The quantitative estimate of drug-likeness (QED) is 0.472. The predicted molar refractivity (Wildman–Crippen MR) is 121 cm³/mol. The number of aromatic nitrogens is 2. The average molecular weight is 448 g/mol. The Morgan fingerprint density at radius 3 is 2.55 bits per heavy atom.